The van der Waals surface area contributed by atoms with Crippen LogP contribution in [-0.4, -0.2) is 36.9 Å². The lowest BCUT2D eigenvalue weighted by molar-refractivity contribution is -0.119. The lowest BCUT2D eigenvalue weighted by Crippen LogP contribution is -2.34. The Balaban J connectivity index is 1.79. The number of nitrogens with zero attached hydrogens (tertiary/aromatic N) is 1. The van der Waals surface area contributed by atoms with Gasteiger partial charge in [0.1, 0.15) is 5.78 Å². The third-order valence-electron chi connectivity index (χ3n) is 3.86. The van der Waals surface area contributed by atoms with E-state index in [0.29, 0.717) is 31.2 Å². The van der Waals surface area contributed by atoms with Crippen LogP contribution < -0.4 is 5.73 Å². The first-order valence-electron chi connectivity index (χ1n) is 7.26. The molecule has 1 unspecified atom stereocenters. The lowest BCUT2D eigenvalue weighted by Gasteiger charge is -2.22. The van der Waals surface area contributed by atoms with Crippen molar-refractivity contribution in [2.75, 3.05) is 26.2 Å². The summed E-state index contributed by atoms with van der Waals surface area (Å²) in [6.45, 7) is 3.29. The number of rotatable bonds is 5. The summed E-state index contributed by atoms with van der Waals surface area (Å²) in [6, 6.07) is 10.5. The molecule has 3 nitrogen and oxygen atoms in total. The normalized spacial score (nSPS) is 21.3. The Hall–Kier alpha value is -1.19. The number of carbonyl (C=O) groups is 1. The molecule has 3 heteroatoms. The first-order valence-corrected chi connectivity index (χ1v) is 7.26. The van der Waals surface area contributed by atoms with E-state index in [2.05, 4.69) is 29.2 Å². The molecule has 104 valence electrons. The molecule has 19 heavy (non-hydrogen) atoms. The molecule has 0 radical (unpaired) electrons. The van der Waals surface area contributed by atoms with Gasteiger partial charge in [0.25, 0.3) is 0 Å². The smallest absolute Gasteiger partial charge is 0.146 e. The fraction of sp³-hybridized carbons (Fsp3) is 0.562. The van der Waals surface area contributed by atoms with E-state index in [-0.39, 0.29) is 0 Å². The van der Waals surface area contributed by atoms with Gasteiger partial charge in [0.05, 0.1) is 6.54 Å². The molecule has 0 amide bonds. The Labute approximate surface area is 115 Å². The van der Waals surface area contributed by atoms with Crippen molar-refractivity contribution in [2.45, 2.75) is 25.7 Å². The van der Waals surface area contributed by atoms with Crippen LogP contribution in [0.5, 0.6) is 0 Å². The minimum atomic E-state index is 0.371. The molecule has 0 saturated carbocycles. The van der Waals surface area contributed by atoms with Crippen molar-refractivity contribution >= 4 is 5.78 Å². The van der Waals surface area contributed by atoms with Gasteiger partial charge in [-0.3, -0.25) is 9.69 Å². The van der Waals surface area contributed by atoms with Crippen molar-refractivity contribution < 1.29 is 4.79 Å². The highest BCUT2D eigenvalue weighted by Gasteiger charge is 2.20. The second-order valence-corrected chi connectivity index (χ2v) is 5.50. The summed E-state index contributed by atoms with van der Waals surface area (Å²) in [7, 11) is 0. The van der Waals surface area contributed by atoms with E-state index in [1.165, 1.54) is 5.56 Å². The number of likely N-dealkylation sites (tertiary alicyclic amines) is 1. The van der Waals surface area contributed by atoms with Gasteiger partial charge in [0.15, 0.2) is 0 Å². The molecule has 0 bridgehead atoms. The molecule has 1 aromatic rings. The number of hydrogen-bond donors (Lipinski definition) is 1. The Bertz CT molecular complexity index is 391. The average Bonchev–Trinajstić information content (AvgIpc) is 2.61. The highest BCUT2D eigenvalue weighted by atomic mass is 16.1. The van der Waals surface area contributed by atoms with E-state index in [1.54, 1.807) is 0 Å². The summed E-state index contributed by atoms with van der Waals surface area (Å²) in [5, 5.41) is 0. The van der Waals surface area contributed by atoms with Gasteiger partial charge in [-0.25, -0.2) is 0 Å². The van der Waals surface area contributed by atoms with E-state index in [1.807, 2.05) is 6.07 Å². The summed E-state index contributed by atoms with van der Waals surface area (Å²) in [5.41, 5.74) is 7.14. The number of benzene rings is 1. The Morgan fingerprint density at radius 3 is 2.79 bits per heavy atom. The summed E-state index contributed by atoms with van der Waals surface area (Å²) < 4.78 is 0. The highest BCUT2D eigenvalue weighted by Crippen LogP contribution is 2.14. The second kappa shape index (κ2) is 7.41. The molecule has 2 N–H and O–H groups in total. The van der Waals surface area contributed by atoms with Crippen molar-refractivity contribution in [3.8, 4) is 0 Å². The van der Waals surface area contributed by atoms with Gasteiger partial charge in [-0.1, -0.05) is 30.3 Å². The topological polar surface area (TPSA) is 46.3 Å². The Kier molecular flexibility index (Phi) is 5.55. The lowest BCUT2D eigenvalue weighted by atomic mass is 10.0. The molecule has 1 saturated heterocycles. The van der Waals surface area contributed by atoms with Gasteiger partial charge in [0.2, 0.25) is 0 Å². The summed E-state index contributed by atoms with van der Waals surface area (Å²) in [4.78, 5) is 14.0. The van der Waals surface area contributed by atoms with Crippen molar-refractivity contribution in [2.24, 2.45) is 11.7 Å². The van der Waals surface area contributed by atoms with E-state index >= 15 is 0 Å². The SMILES string of the molecule is NCC1CCC(=O)CN(CCCc2ccccc2)C1. The standard InChI is InChI=1S/C16H24N2O/c17-11-15-8-9-16(19)13-18(12-15)10-4-7-14-5-2-1-3-6-14/h1-3,5-6,15H,4,7-13,17H2. The van der Waals surface area contributed by atoms with Gasteiger partial charge in [0, 0.05) is 13.0 Å². The van der Waals surface area contributed by atoms with Crippen LogP contribution in [0.25, 0.3) is 0 Å². The van der Waals surface area contributed by atoms with Crippen LogP contribution >= 0.6 is 0 Å². The van der Waals surface area contributed by atoms with E-state index in [9.17, 15) is 4.79 Å². The number of aryl methyl sites for hydroxylation is 1. The van der Waals surface area contributed by atoms with Crippen LogP contribution in [0.2, 0.25) is 0 Å². The highest BCUT2D eigenvalue weighted by molar-refractivity contribution is 5.80. The van der Waals surface area contributed by atoms with Crippen molar-refractivity contribution in [3.05, 3.63) is 35.9 Å². The zero-order valence-electron chi connectivity index (χ0n) is 11.6. The van der Waals surface area contributed by atoms with Gasteiger partial charge in [-0.2, -0.15) is 0 Å². The fourth-order valence-corrected chi connectivity index (χ4v) is 2.73. The molecule has 1 aromatic carbocycles. The molecule has 2 rings (SSSR count). The molecule has 0 aliphatic carbocycles. The van der Waals surface area contributed by atoms with Crippen LogP contribution in [0.1, 0.15) is 24.8 Å². The number of carbonyl (C=O) groups excluding carboxylic acids is 1. The van der Waals surface area contributed by atoms with Crippen molar-refractivity contribution in [1.29, 1.82) is 0 Å². The van der Waals surface area contributed by atoms with Gasteiger partial charge >= 0.3 is 0 Å². The van der Waals surface area contributed by atoms with Crippen molar-refractivity contribution in [3.63, 3.8) is 0 Å². The molecule has 1 heterocycles. The van der Waals surface area contributed by atoms with Crippen LogP contribution in [0.15, 0.2) is 30.3 Å². The maximum Gasteiger partial charge on any atom is 0.146 e. The predicted molar refractivity (Wildman–Crippen MR) is 78.0 cm³/mol. The number of Topliss-reactive ketones (excluding diaryl/α,β-unsaturated/α-hetero) is 1. The maximum atomic E-state index is 11.7. The molecule has 1 atom stereocenters. The van der Waals surface area contributed by atoms with Crippen LogP contribution in [0.3, 0.4) is 0 Å². The van der Waals surface area contributed by atoms with Gasteiger partial charge in [-0.15, -0.1) is 0 Å². The Morgan fingerprint density at radius 2 is 2.05 bits per heavy atom. The van der Waals surface area contributed by atoms with E-state index in [4.69, 9.17) is 5.73 Å². The molecule has 0 aromatic heterocycles. The average molecular weight is 260 g/mol. The van der Waals surface area contributed by atoms with Gasteiger partial charge < -0.3 is 5.73 Å². The molecular weight excluding hydrogens is 236 g/mol. The predicted octanol–water partition coefficient (Wildman–Crippen LogP) is 1.86. The molecule has 1 aliphatic rings. The number of ketones is 1. The van der Waals surface area contributed by atoms with Crippen LogP contribution in [0, 0.1) is 5.92 Å². The summed E-state index contributed by atoms with van der Waals surface area (Å²) >= 11 is 0. The summed E-state index contributed by atoms with van der Waals surface area (Å²) in [6.07, 6.45) is 3.86. The first kappa shape index (κ1) is 14.2. The molecule has 1 aliphatic heterocycles. The van der Waals surface area contributed by atoms with Crippen molar-refractivity contribution in [1.82, 2.24) is 4.90 Å². The third kappa shape index (κ3) is 4.77. The largest absolute Gasteiger partial charge is 0.330 e. The molecule has 1 fully saturated rings. The minimum absolute atomic E-state index is 0.371. The molecular formula is C16H24N2O. The minimum Gasteiger partial charge on any atom is -0.330 e. The maximum absolute atomic E-state index is 11.7. The third-order valence-corrected chi connectivity index (χ3v) is 3.86. The number of hydrogen-bond acceptors (Lipinski definition) is 3. The second-order valence-electron chi connectivity index (χ2n) is 5.50. The van der Waals surface area contributed by atoms with E-state index in [0.717, 1.165) is 32.4 Å². The zero-order valence-corrected chi connectivity index (χ0v) is 11.6. The monoisotopic (exact) mass is 260 g/mol. The molecule has 0 spiro atoms. The van der Waals surface area contributed by atoms with Crippen LogP contribution in [-0.2, 0) is 11.2 Å². The van der Waals surface area contributed by atoms with Crippen LogP contribution in [0.4, 0.5) is 0 Å². The first-order chi connectivity index (χ1) is 9.28. The zero-order chi connectivity index (χ0) is 13.5. The summed E-state index contributed by atoms with van der Waals surface area (Å²) in [5.74, 6) is 0.860. The Morgan fingerprint density at radius 1 is 1.26 bits per heavy atom. The fourth-order valence-electron chi connectivity index (χ4n) is 2.73. The number of nitrogens with two attached hydrogens (primary N) is 1. The quantitative estimate of drug-likeness (QED) is 0.879. The van der Waals surface area contributed by atoms with E-state index < -0.39 is 0 Å². The van der Waals surface area contributed by atoms with Gasteiger partial charge in [-0.05, 0) is 43.8 Å².